The number of rotatable bonds is 2. The van der Waals surface area contributed by atoms with Gasteiger partial charge in [-0.25, -0.2) is 14.4 Å². The number of halogens is 1. The highest BCUT2D eigenvalue weighted by molar-refractivity contribution is 5.86. The lowest BCUT2D eigenvalue weighted by Crippen LogP contribution is -1.87. The summed E-state index contributed by atoms with van der Waals surface area (Å²) in [4.78, 5) is 7.28. The zero-order chi connectivity index (χ0) is 7.98. The summed E-state index contributed by atoms with van der Waals surface area (Å²) in [5.41, 5.74) is 0. The molecule has 0 unspecified atom stereocenters. The summed E-state index contributed by atoms with van der Waals surface area (Å²) in [5.74, 6) is 0.228. The highest BCUT2D eigenvalue weighted by atomic mass is 19.1. The normalized spacial score (nSPS) is 13.5. The van der Waals surface area contributed by atoms with Crippen LogP contribution in [-0.4, -0.2) is 12.6 Å². The van der Waals surface area contributed by atoms with Gasteiger partial charge in [0, 0.05) is 6.42 Å². The Balaban J connectivity index is 4.12. The van der Waals surface area contributed by atoms with Gasteiger partial charge in [0.25, 0.3) is 0 Å². The minimum Gasteiger partial charge on any atom is -0.249 e. The van der Waals surface area contributed by atoms with E-state index in [-0.39, 0.29) is 5.83 Å². The van der Waals surface area contributed by atoms with Gasteiger partial charge in [-0.3, -0.25) is 0 Å². The third-order valence-corrected chi connectivity index (χ3v) is 0.890. The summed E-state index contributed by atoms with van der Waals surface area (Å²) < 4.78 is 12.0. The van der Waals surface area contributed by atoms with Crippen LogP contribution in [0.15, 0.2) is 22.0 Å². The fourth-order valence-corrected chi connectivity index (χ4v) is 0.407. The molecule has 0 rings (SSSR count). The number of nitrogens with zero attached hydrogens (tertiary/aromatic N) is 2. The molecule has 0 fully saturated rings. The first kappa shape index (κ1) is 9.01. The lowest BCUT2D eigenvalue weighted by atomic mass is 10.4. The van der Waals surface area contributed by atoms with E-state index in [1.807, 2.05) is 6.92 Å². The summed E-state index contributed by atoms with van der Waals surface area (Å²) in [5, 5.41) is 0. The second kappa shape index (κ2) is 4.85. The van der Waals surface area contributed by atoms with Gasteiger partial charge in [0.1, 0.15) is 11.7 Å². The molecular formula is C7H11FN2. The number of allylic oxidation sites excluding steroid dienone is 1. The molecule has 0 aromatic carbocycles. The van der Waals surface area contributed by atoms with Crippen LogP contribution in [0.3, 0.4) is 0 Å². The van der Waals surface area contributed by atoms with Gasteiger partial charge in [-0.05, 0) is 13.6 Å². The summed E-state index contributed by atoms with van der Waals surface area (Å²) in [7, 11) is 0. The quantitative estimate of drug-likeness (QED) is 0.417. The van der Waals surface area contributed by atoms with Crippen LogP contribution in [0.2, 0.25) is 0 Å². The molecule has 0 bridgehead atoms. The van der Waals surface area contributed by atoms with Crippen LogP contribution in [0, 0.1) is 0 Å². The molecular weight excluding hydrogens is 131 g/mol. The van der Waals surface area contributed by atoms with Crippen molar-refractivity contribution in [2.24, 2.45) is 9.98 Å². The standard InChI is InChI=1S/C7H11FN2/c1-4-7(9-3)10-5-6(2)8/h5H,3-4H2,1-2H3/b6-5+,10-7?. The molecule has 10 heavy (non-hydrogen) atoms. The van der Waals surface area contributed by atoms with Crippen LogP contribution < -0.4 is 0 Å². The van der Waals surface area contributed by atoms with Crippen LogP contribution in [0.25, 0.3) is 0 Å². The first-order chi connectivity index (χ1) is 4.70. The predicted molar refractivity (Wildman–Crippen MR) is 42.1 cm³/mol. The first-order valence-corrected chi connectivity index (χ1v) is 3.06. The molecule has 0 heterocycles. The van der Waals surface area contributed by atoms with Crippen molar-refractivity contribution in [3.05, 3.63) is 12.0 Å². The average molecular weight is 142 g/mol. The van der Waals surface area contributed by atoms with Crippen LogP contribution in [0.1, 0.15) is 20.3 Å². The largest absolute Gasteiger partial charge is 0.249 e. The second-order valence-corrected chi connectivity index (χ2v) is 1.77. The summed E-state index contributed by atoms with van der Waals surface area (Å²) in [6, 6.07) is 0. The van der Waals surface area contributed by atoms with E-state index in [1.54, 1.807) is 0 Å². The Hall–Kier alpha value is -0.990. The molecule has 0 aliphatic carbocycles. The molecule has 0 saturated carbocycles. The van der Waals surface area contributed by atoms with Crippen LogP contribution in [-0.2, 0) is 0 Å². The summed E-state index contributed by atoms with van der Waals surface area (Å²) >= 11 is 0. The topological polar surface area (TPSA) is 24.7 Å². The van der Waals surface area contributed by atoms with Gasteiger partial charge in [-0.1, -0.05) is 6.92 Å². The van der Waals surface area contributed by atoms with Gasteiger partial charge in [0.2, 0.25) is 0 Å². The molecule has 0 amide bonds. The minimum atomic E-state index is -0.324. The van der Waals surface area contributed by atoms with E-state index in [0.717, 1.165) is 6.20 Å². The molecule has 0 aliphatic heterocycles. The third kappa shape index (κ3) is 3.95. The van der Waals surface area contributed by atoms with Gasteiger partial charge in [-0.15, -0.1) is 0 Å². The number of aliphatic imine (C=N–C) groups is 2. The predicted octanol–water partition coefficient (Wildman–Crippen LogP) is 2.33. The molecule has 0 spiro atoms. The maximum atomic E-state index is 12.0. The average Bonchev–Trinajstić information content (AvgIpc) is 1.90. The SMILES string of the molecule is C=NC(CC)=N/C=C(\C)F. The van der Waals surface area contributed by atoms with Crippen molar-refractivity contribution in [1.29, 1.82) is 0 Å². The van der Waals surface area contributed by atoms with Crippen molar-refractivity contribution < 1.29 is 4.39 Å². The molecule has 0 aromatic heterocycles. The maximum Gasteiger partial charge on any atom is 0.127 e. The van der Waals surface area contributed by atoms with Crippen molar-refractivity contribution in [2.75, 3.05) is 0 Å². The van der Waals surface area contributed by atoms with Gasteiger partial charge >= 0.3 is 0 Å². The van der Waals surface area contributed by atoms with Gasteiger partial charge in [0.15, 0.2) is 0 Å². The zero-order valence-electron chi connectivity index (χ0n) is 6.26. The Kier molecular flexibility index (Phi) is 4.37. The van der Waals surface area contributed by atoms with Crippen molar-refractivity contribution in [3.8, 4) is 0 Å². The van der Waals surface area contributed by atoms with E-state index < -0.39 is 0 Å². The molecule has 2 nitrogen and oxygen atoms in total. The third-order valence-electron chi connectivity index (χ3n) is 0.890. The smallest absolute Gasteiger partial charge is 0.127 e. The molecule has 0 atom stereocenters. The minimum absolute atomic E-state index is 0.324. The fourth-order valence-electron chi connectivity index (χ4n) is 0.407. The fraction of sp³-hybridized carbons (Fsp3) is 0.429. The number of hydrogen-bond donors (Lipinski definition) is 0. The van der Waals surface area contributed by atoms with E-state index in [0.29, 0.717) is 12.3 Å². The number of amidine groups is 1. The molecule has 3 heteroatoms. The molecule has 0 aliphatic rings. The van der Waals surface area contributed by atoms with Crippen LogP contribution in [0.4, 0.5) is 4.39 Å². The molecule has 0 saturated heterocycles. The Labute approximate surface area is 60.2 Å². The van der Waals surface area contributed by atoms with Gasteiger partial charge in [0.05, 0.1) is 6.20 Å². The van der Waals surface area contributed by atoms with E-state index in [1.165, 1.54) is 6.92 Å². The van der Waals surface area contributed by atoms with Crippen molar-refractivity contribution in [2.45, 2.75) is 20.3 Å². The van der Waals surface area contributed by atoms with E-state index in [9.17, 15) is 4.39 Å². The van der Waals surface area contributed by atoms with Crippen LogP contribution in [0.5, 0.6) is 0 Å². The molecule has 0 aromatic rings. The van der Waals surface area contributed by atoms with E-state index in [4.69, 9.17) is 0 Å². The summed E-state index contributed by atoms with van der Waals surface area (Å²) in [6.45, 7) is 6.49. The van der Waals surface area contributed by atoms with Crippen molar-refractivity contribution in [3.63, 3.8) is 0 Å². The first-order valence-electron chi connectivity index (χ1n) is 3.06. The van der Waals surface area contributed by atoms with Crippen LogP contribution >= 0.6 is 0 Å². The highest BCUT2D eigenvalue weighted by Crippen LogP contribution is 1.95. The number of hydrogen-bond acceptors (Lipinski definition) is 1. The van der Waals surface area contributed by atoms with E-state index >= 15 is 0 Å². The van der Waals surface area contributed by atoms with Gasteiger partial charge in [-0.2, -0.15) is 0 Å². The van der Waals surface area contributed by atoms with E-state index in [2.05, 4.69) is 16.7 Å². The highest BCUT2D eigenvalue weighted by Gasteiger charge is 1.86. The monoisotopic (exact) mass is 142 g/mol. The Morgan fingerprint density at radius 3 is 2.60 bits per heavy atom. The Morgan fingerprint density at radius 1 is 1.70 bits per heavy atom. The molecule has 0 N–H and O–H groups in total. The molecule has 0 radical (unpaired) electrons. The second-order valence-electron chi connectivity index (χ2n) is 1.77. The maximum absolute atomic E-state index is 12.0. The van der Waals surface area contributed by atoms with Crippen molar-refractivity contribution in [1.82, 2.24) is 0 Å². The zero-order valence-corrected chi connectivity index (χ0v) is 6.26. The van der Waals surface area contributed by atoms with Crippen molar-refractivity contribution >= 4 is 12.6 Å². The molecule has 56 valence electrons. The van der Waals surface area contributed by atoms with Gasteiger partial charge < -0.3 is 0 Å². The lowest BCUT2D eigenvalue weighted by molar-refractivity contribution is 0.637. The lowest BCUT2D eigenvalue weighted by Gasteiger charge is -1.89. The summed E-state index contributed by atoms with van der Waals surface area (Å²) in [6.07, 6.45) is 1.81. The Bertz CT molecular complexity index is 166. The Morgan fingerprint density at radius 2 is 2.30 bits per heavy atom.